The van der Waals surface area contributed by atoms with Crippen molar-refractivity contribution >= 4 is 5.91 Å². The molecule has 1 aromatic carbocycles. The Bertz CT molecular complexity index is 388. The number of rotatable bonds is 7. The summed E-state index contributed by atoms with van der Waals surface area (Å²) in [7, 11) is 0. The SMILES string of the molecule is CC(C)CCC(C)NCc1cccc(C(N)=O)c1. The predicted molar refractivity (Wildman–Crippen MR) is 75.3 cm³/mol. The Kier molecular flexibility index (Phi) is 5.86. The van der Waals surface area contributed by atoms with E-state index < -0.39 is 0 Å². The van der Waals surface area contributed by atoms with Crippen molar-refractivity contribution in [3.05, 3.63) is 35.4 Å². The third-order valence-electron chi connectivity index (χ3n) is 3.04. The highest BCUT2D eigenvalue weighted by Crippen LogP contribution is 2.08. The van der Waals surface area contributed by atoms with Gasteiger partial charge in [-0.3, -0.25) is 4.79 Å². The number of hydrogen-bond donors (Lipinski definition) is 2. The van der Waals surface area contributed by atoms with Crippen LogP contribution in [0.15, 0.2) is 24.3 Å². The smallest absolute Gasteiger partial charge is 0.248 e. The van der Waals surface area contributed by atoms with Crippen LogP contribution in [-0.4, -0.2) is 11.9 Å². The summed E-state index contributed by atoms with van der Waals surface area (Å²) in [5, 5.41) is 3.47. The van der Waals surface area contributed by atoms with Crippen LogP contribution < -0.4 is 11.1 Å². The molecular weight excluding hydrogens is 224 g/mol. The maximum atomic E-state index is 11.1. The Labute approximate surface area is 110 Å². The topological polar surface area (TPSA) is 55.1 Å². The van der Waals surface area contributed by atoms with E-state index in [-0.39, 0.29) is 5.91 Å². The van der Waals surface area contributed by atoms with Crippen molar-refractivity contribution in [1.29, 1.82) is 0 Å². The minimum atomic E-state index is -0.371. The summed E-state index contributed by atoms with van der Waals surface area (Å²) in [6.07, 6.45) is 2.41. The maximum absolute atomic E-state index is 11.1. The molecule has 1 amide bonds. The highest BCUT2D eigenvalue weighted by atomic mass is 16.1. The Morgan fingerprint density at radius 3 is 2.61 bits per heavy atom. The van der Waals surface area contributed by atoms with Crippen LogP contribution in [0.25, 0.3) is 0 Å². The molecule has 1 unspecified atom stereocenters. The Morgan fingerprint density at radius 2 is 2.00 bits per heavy atom. The van der Waals surface area contributed by atoms with E-state index in [1.165, 1.54) is 12.8 Å². The van der Waals surface area contributed by atoms with E-state index in [9.17, 15) is 4.79 Å². The second kappa shape index (κ2) is 7.17. The lowest BCUT2D eigenvalue weighted by molar-refractivity contribution is 0.1000. The maximum Gasteiger partial charge on any atom is 0.248 e. The summed E-state index contributed by atoms with van der Waals surface area (Å²) in [6.45, 7) is 7.45. The molecule has 0 aliphatic heterocycles. The lowest BCUT2D eigenvalue weighted by atomic mass is 10.0. The summed E-state index contributed by atoms with van der Waals surface area (Å²) in [5.74, 6) is 0.372. The van der Waals surface area contributed by atoms with Crippen LogP contribution in [0.1, 0.15) is 49.5 Å². The summed E-state index contributed by atoms with van der Waals surface area (Å²) in [5.41, 5.74) is 6.93. The van der Waals surface area contributed by atoms with Crippen molar-refractivity contribution in [2.45, 2.75) is 46.2 Å². The first kappa shape index (κ1) is 14.7. The first-order valence-electron chi connectivity index (χ1n) is 6.61. The van der Waals surface area contributed by atoms with Gasteiger partial charge in [-0.05, 0) is 43.4 Å². The number of nitrogens with two attached hydrogens (primary N) is 1. The van der Waals surface area contributed by atoms with Gasteiger partial charge in [0, 0.05) is 18.2 Å². The van der Waals surface area contributed by atoms with Crippen LogP contribution in [0.2, 0.25) is 0 Å². The third-order valence-corrected chi connectivity index (χ3v) is 3.04. The van der Waals surface area contributed by atoms with Gasteiger partial charge in [0.25, 0.3) is 0 Å². The minimum Gasteiger partial charge on any atom is -0.366 e. The second-order valence-corrected chi connectivity index (χ2v) is 5.32. The number of amides is 1. The van der Waals surface area contributed by atoms with Crippen LogP contribution in [0.5, 0.6) is 0 Å². The van der Waals surface area contributed by atoms with Crippen LogP contribution >= 0.6 is 0 Å². The summed E-state index contributed by atoms with van der Waals surface area (Å²) < 4.78 is 0. The number of primary amides is 1. The van der Waals surface area contributed by atoms with Gasteiger partial charge in [0.1, 0.15) is 0 Å². The van der Waals surface area contributed by atoms with Crippen molar-refractivity contribution < 1.29 is 4.79 Å². The van der Waals surface area contributed by atoms with E-state index in [4.69, 9.17) is 5.73 Å². The second-order valence-electron chi connectivity index (χ2n) is 5.32. The van der Waals surface area contributed by atoms with E-state index >= 15 is 0 Å². The van der Waals surface area contributed by atoms with E-state index in [1.807, 2.05) is 18.2 Å². The Balaban J connectivity index is 2.43. The largest absolute Gasteiger partial charge is 0.366 e. The summed E-state index contributed by atoms with van der Waals surface area (Å²) >= 11 is 0. The fourth-order valence-electron chi connectivity index (χ4n) is 1.81. The molecule has 0 saturated carbocycles. The van der Waals surface area contributed by atoms with Gasteiger partial charge in [-0.25, -0.2) is 0 Å². The standard InChI is InChI=1S/C15H24N2O/c1-11(2)7-8-12(3)17-10-13-5-4-6-14(9-13)15(16)18/h4-6,9,11-12,17H,7-8,10H2,1-3H3,(H2,16,18). The zero-order chi connectivity index (χ0) is 13.5. The molecule has 1 rings (SSSR count). The number of carbonyl (C=O) groups excluding carboxylic acids is 1. The van der Waals surface area contributed by atoms with Crippen molar-refractivity contribution in [2.75, 3.05) is 0 Å². The molecule has 1 aromatic rings. The number of hydrogen-bond acceptors (Lipinski definition) is 2. The number of carbonyl (C=O) groups is 1. The lowest BCUT2D eigenvalue weighted by Crippen LogP contribution is -2.26. The molecule has 100 valence electrons. The average molecular weight is 248 g/mol. The first-order valence-corrected chi connectivity index (χ1v) is 6.61. The fourth-order valence-corrected chi connectivity index (χ4v) is 1.81. The van der Waals surface area contributed by atoms with Crippen LogP contribution in [0.4, 0.5) is 0 Å². The molecule has 0 radical (unpaired) electrons. The highest BCUT2D eigenvalue weighted by molar-refractivity contribution is 5.92. The Morgan fingerprint density at radius 1 is 1.28 bits per heavy atom. The van der Waals surface area contributed by atoms with E-state index in [0.717, 1.165) is 18.0 Å². The molecule has 3 heteroatoms. The quantitative estimate of drug-likeness (QED) is 0.779. The predicted octanol–water partition coefficient (Wildman–Crippen LogP) is 2.70. The summed E-state index contributed by atoms with van der Waals surface area (Å²) in [6, 6.07) is 7.97. The van der Waals surface area contributed by atoms with Gasteiger partial charge < -0.3 is 11.1 Å². The molecule has 0 heterocycles. The summed E-state index contributed by atoms with van der Waals surface area (Å²) in [4.78, 5) is 11.1. The van der Waals surface area contributed by atoms with Crippen LogP contribution in [0, 0.1) is 5.92 Å². The number of benzene rings is 1. The molecule has 3 N–H and O–H groups in total. The van der Waals surface area contributed by atoms with Gasteiger partial charge in [-0.1, -0.05) is 26.0 Å². The monoisotopic (exact) mass is 248 g/mol. The molecule has 0 fully saturated rings. The molecule has 0 aliphatic rings. The van der Waals surface area contributed by atoms with E-state index in [1.54, 1.807) is 6.07 Å². The van der Waals surface area contributed by atoms with Crippen molar-refractivity contribution in [3.63, 3.8) is 0 Å². The fraction of sp³-hybridized carbons (Fsp3) is 0.533. The molecule has 0 saturated heterocycles. The molecule has 0 spiro atoms. The molecule has 0 bridgehead atoms. The normalized spacial score (nSPS) is 12.7. The van der Waals surface area contributed by atoms with Crippen molar-refractivity contribution in [1.82, 2.24) is 5.32 Å². The van der Waals surface area contributed by atoms with Crippen LogP contribution in [0.3, 0.4) is 0 Å². The molecule has 0 aromatic heterocycles. The van der Waals surface area contributed by atoms with Gasteiger partial charge >= 0.3 is 0 Å². The van der Waals surface area contributed by atoms with Gasteiger partial charge in [0.05, 0.1) is 0 Å². The number of nitrogens with one attached hydrogen (secondary N) is 1. The highest BCUT2D eigenvalue weighted by Gasteiger charge is 2.05. The molecule has 0 aliphatic carbocycles. The first-order chi connectivity index (χ1) is 8.49. The van der Waals surface area contributed by atoms with Gasteiger partial charge in [0.15, 0.2) is 0 Å². The van der Waals surface area contributed by atoms with E-state index in [2.05, 4.69) is 26.1 Å². The Hall–Kier alpha value is -1.35. The van der Waals surface area contributed by atoms with Crippen molar-refractivity contribution in [2.24, 2.45) is 11.7 Å². The third kappa shape index (κ3) is 5.32. The minimum absolute atomic E-state index is 0.371. The van der Waals surface area contributed by atoms with Crippen LogP contribution in [-0.2, 0) is 6.54 Å². The molecular formula is C15H24N2O. The van der Waals surface area contributed by atoms with Gasteiger partial charge in [-0.2, -0.15) is 0 Å². The molecule has 1 atom stereocenters. The van der Waals surface area contributed by atoms with Gasteiger partial charge in [-0.15, -0.1) is 0 Å². The zero-order valence-corrected chi connectivity index (χ0v) is 11.6. The molecule has 18 heavy (non-hydrogen) atoms. The molecule has 3 nitrogen and oxygen atoms in total. The van der Waals surface area contributed by atoms with Crippen molar-refractivity contribution in [3.8, 4) is 0 Å². The van der Waals surface area contributed by atoms with Gasteiger partial charge in [0.2, 0.25) is 5.91 Å². The lowest BCUT2D eigenvalue weighted by Gasteiger charge is -2.15. The van der Waals surface area contributed by atoms with E-state index in [0.29, 0.717) is 11.6 Å². The zero-order valence-electron chi connectivity index (χ0n) is 11.6. The average Bonchev–Trinajstić information content (AvgIpc) is 2.34.